The van der Waals surface area contributed by atoms with Crippen LogP contribution >= 0.6 is 15.9 Å². The first kappa shape index (κ1) is 16.4. The maximum Gasteiger partial charge on any atom is 0.305 e. The largest absolute Gasteiger partial charge is 0.466 e. The van der Waals surface area contributed by atoms with Crippen molar-refractivity contribution in [2.75, 3.05) is 13.2 Å². The molecule has 0 saturated carbocycles. The zero-order chi connectivity index (χ0) is 15.0. The van der Waals surface area contributed by atoms with Crippen molar-refractivity contribution in [1.29, 1.82) is 0 Å². The number of hydrogen-bond donors (Lipinski definition) is 1. The molecule has 0 bridgehead atoms. The van der Waals surface area contributed by atoms with Crippen molar-refractivity contribution in [3.05, 3.63) is 33.2 Å². The normalized spacial score (nSPS) is 10.1. The van der Waals surface area contributed by atoms with E-state index < -0.39 is 0 Å². The van der Waals surface area contributed by atoms with Gasteiger partial charge in [0, 0.05) is 29.7 Å². The topological polar surface area (TPSA) is 77.4 Å². The number of carbonyl (C=O) groups is 2. The van der Waals surface area contributed by atoms with Crippen LogP contribution in [0.1, 0.15) is 19.8 Å². The zero-order valence-electron chi connectivity index (χ0n) is 11.2. The Morgan fingerprint density at radius 3 is 2.85 bits per heavy atom. The third-order valence-electron chi connectivity index (χ3n) is 2.45. The molecule has 0 unspecified atom stereocenters. The molecule has 1 amide bonds. The van der Waals surface area contributed by atoms with Crippen molar-refractivity contribution in [2.24, 2.45) is 0 Å². The second kappa shape index (κ2) is 8.52. The summed E-state index contributed by atoms with van der Waals surface area (Å²) in [6.45, 7) is 2.43. The van der Waals surface area contributed by atoms with Gasteiger partial charge in [-0.2, -0.15) is 0 Å². The van der Waals surface area contributed by atoms with Crippen molar-refractivity contribution in [3.8, 4) is 0 Å². The summed E-state index contributed by atoms with van der Waals surface area (Å²) in [6.07, 6.45) is 2.34. The van der Waals surface area contributed by atoms with Crippen LogP contribution in [0.25, 0.3) is 0 Å². The molecule has 20 heavy (non-hydrogen) atoms. The first-order valence-corrected chi connectivity index (χ1v) is 7.10. The van der Waals surface area contributed by atoms with E-state index >= 15 is 0 Å². The predicted molar refractivity (Wildman–Crippen MR) is 77.3 cm³/mol. The third-order valence-corrected chi connectivity index (χ3v) is 2.92. The second-order valence-electron chi connectivity index (χ2n) is 4.07. The van der Waals surface area contributed by atoms with Crippen molar-refractivity contribution in [3.63, 3.8) is 0 Å². The number of esters is 1. The van der Waals surface area contributed by atoms with Gasteiger partial charge >= 0.3 is 5.97 Å². The van der Waals surface area contributed by atoms with Crippen molar-refractivity contribution < 1.29 is 14.3 Å². The molecule has 1 rings (SSSR count). The molecule has 0 aliphatic carbocycles. The molecule has 0 aliphatic rings. The molecular weight excluding hydrogens is 328 g/mol. The molecule has 0 atom stereocenters. The molecule has 1 heterocycles. The van der Waals surface area contributed by atoms with Crippen molar-refractivity contribution >= 4 is 27.8 Å². The summed E-state index contributed by atoms with van der Waals surface area (Å²) < 4.78 is 6.81. The standard InChI is InChI=1S/C13H17BrN2O4/c1-2-20-13(19)4-3-7-15-11(17)9-16-8-10(14)5-6-12(16)18/h5-6,8H,2-4,7,9H2,1H3,(H,15,17). The summed E-state index contributed by atoms with van der Waals surface area (Å²) in [6, 6.07) is 3.01. The van der Waals surface area contributed by atoms with E-state index in [0.717, 1.165) is 4.47 Å². The number of nitrogens with zero attached hydrogens (tertiary/aromatic N) is 1. The van der Waals surface area contributed by atoms with E-state index in [-0.39, 0.29) is 30.4 Å². The van der Waals surface area contributed by atoms with Crippen LogP contribution in [0.3, 0.4) is 0 Å². The molecule has 0 radical (unpaired) electrons. The third kappa shape index (κ3) is 6.01. The SMILES string of the molecule is CCOC(=O)CCCNC(=O)Cn1cc(Br)ccc1=O. The summed E-state index contributed by atoms with van der Waals surface area (Å²) >= 11 is 3.24. The number of nitrogens with one attached hydrogen (secondary N) is 1. The van der Waals surface area contributed by atoms with E-state index in [2.05, 4.69) is 21.2 Å². The molecule has 110 valence electrons. The van der Waals surface area contributed by atoms with Crippen LogP contribution in [0.4, 0.5) is 0 Å². The van der Waals surface area contributed by atoms with Gasteiger partial charge in [0.2, 0.25) is 5.91 Å². The Morgan fingerprint density at radius 2 is 2.15 bits per heavy atom. The summed E-state index contributed by atoms with van der Waals surface area (Å²) in [5, 5.41) is 2.65. The van der Waals surface area contributed by atoms with Gasteiger partial charge in [-0.15, -0.1) is 0 Å². The van der Waals surface area contributed by atoms with Gasteiger partial charge in [-0.25, -0.2) is 0 Å². The highest BCUT2D eigenvalue weighted by Crippen LogP contribution is 2.04. The maximum absolute atomic E-state index is 11.6. The highest BCUT2D eigenvalue weighted by Gasteiger charge is 2.05. The van der Waals surface area contributed by atoms with Gasteiger partial charge in [0.1, 0.15) is 6.54 Å². The van der Waals surface area contributed by atoms with Crippen LogP contribution in [0.5, 0.6) is 0 Å². The molecule has 1 aromatic rings. The number of amides is 1. The first-order valence-electron chi connectivity index (χ1n) is 6.31. The van der Waals surface area contributed by atoms with Crippen LogP contribution in [0.2, 0.25) is 0 Å². The zero-order valence-corrected chi connectivity index (χ0v) is 12.8. The highest BCUT2D eigenvalue weighted by molar-refractivity contribution is 9.10. The number of aromatic nitrogens is 1. The molecule has 0 aliphatic heterocycles. The number of pyridine rings is 1. The number of ether oxygens (including phenoxy) is 1. The molecule has 0 saturated heterocycles. The minimum atomic E-state index is -0.273. The predicted octanol–water partition coefficient (Wildman–Crippen LogP) is 1.07. The molecule has 0 spiro atoms. The van der Waals surface area contributed by atoms with Gasteiger partial charge in [-0.3, -0.25) is 14.4 Å². The van der Waals surface area contributed by atoms with Gasteiger partial charge in [0.05, 0.1) is 6.61 Å². The molecule has 1 N–H and O–H groups in total. The highest BCUT2D eigenvalue weighted by atomic mass is 79.9. The van der Waals surface area contributed by atoms with Crippen LogP contribution in [-0.2, 0) is 20.9 Å². The molecule has 0 fully saturated rings. The Bertz CT molecular complexity index is 527. The Kier molecular flexibility index (Phi) is 7.00. The molecule has 6 nitrogen and oxygen atoms in total. The monoisotopic (exact) mass is 344 g/mol. The van der Waals surface area contributed by atoms with Crippen LogP contribution in [0, 0.1) is 0 Å². The number of halogens is 1. The fourth-order valence-corrected chi connectivity index (χ4v) is 1.91. The van der Waals surface area contributed by atoms with E-state index in [9.17, 15) is 14.4 Å². The van der Waals surface area contributed by atoms with Gasteiger partial charge in [0.25, 0.3) is 5.56 Å². The van der Waals surface area contributed by atoms with Crippen LogP contribution in [-0.4, -0.2) is 29.6 Å². The van der Waals surface area contributed by atoms with Gasteiger partial charge in [0.15, 0.2) is 0 Å². The molecule has 0 aromatic carbocycles. The fourth-order valence-electron chi connectivity index (χ4n) is 1.53. The summed E-state index contributed by atoms with van der Waals surface area (Å²) in [5.41, 5.74) is -0.241. The van der Waals surface area contributed by atoms with E-state index in [1.807, 2.05) is 0 Å². The Labute approximate surface area is 125 Å². The van der Waals surface area contributed by atoms with E-state index in [1.165, 1.54) is 10.6 Å². The average Bonchev–Trinajstić information content (AvgIpc) is 2.39. The lowest BCUT2D eigenvalue weighted by atomic mass is 10.3. The summed E-state index contributed by atoms with van der Waals surface area (Å²) in [5.74, 6) is -0.543. The second-order valence-corrected chi connectivity index (χ2v) is 4.99. The van der Waals surface area contributed by atoms with Crippen LogP contribution in [0.15, 0.2) is 27.6 Å². The van der Waals surface area contributed by atoms with E-state index in [4.69, 9.17) is 4.74 Å². The smallest absolute Gasteiger partial charge is 0.305 e. The Balaban J connectivity index is 2.32. The van der Waals surface area contributed by atoms with Crippen LogP contribution < -0.4 is 10.9 Å². The summed E-state index contributed by atoms with van der Waals surface area (Å²) in [7, 11) is 0. The number of carbonyl (C=O) groups excluding carboxylic acids is 2. The van der Waals surface area contributed by atoms with Gasteiger partial charge < -0.3 is 14.6 Å². The maximum atomic E-state index is 11.6. The van der Waals surface area contributed by atoms with E-state index in [1.54, 1.807) is 19.2 Å². The minimum Gasteiger partial charge on any atom is -0.466 e. The lowest BCUT2D eigenvalue weighted by molar-refractivity contribution is -0.143. The fraction of sp³-hybridized carbons (Fsp3) is 0.462. The Hall–Kier alpha value is -1.63. The molecule has 7 heteroatoms. The number of hydrogen-bond acceptors (Lipinski definition) is 4. The number of rotatable bonds is 7. The molecular formula is C13H17BrN2O4. The van der Waals surface area contributed by atoms with Crippen molar-refractivity contribution in [2.45, 2.75) is 26.3 Å². The lowest BCUT2D eigenvalue weighted by Gasteiger charge is -2.07. The quantitative estimate of drug-likeness (QED) is 0.592. The van der Waals surface area contributed by atoms with Gasteiger partial charge in [-0.05, 0) is 35.3 Å². The Morgan fingerprint density at radius 1 is 1.40 bits per heavy atom. The van der Waals surface area contributed by atoms with Crippen molar-refractivity contribution in [1.82, 2.24) is 9.88 Å². The first-order chi connectivity index (χ1) is 9.52. The van der Waals surface area contributed by atoms with E-state index in [0.29, 0.717) is 19.6 Å². The lowest BCUT2D eigenvalue weighted by Crippen LogP contribution is -2.32. The minimum absolute atomic E-state index is 0.0440. The summed E-state index contributed by atoms with van der Waals surface area (Å²) in [4.78, 5) is 34.2. The average molecular weight is 345 g/mol. The molecule has 1 aromatic heterocycles. The van der Waals surface area contributed by atoms with Gasteiger partial charge in [-0.1, -0.05) is 0 Å².